The molecule has 3 heterocycles. The van der Waals surface area contributed by atoms with Gasteiger partial charge in [0.2, 0.25) is 10.0 Å². The number of rotatable bonds is 4. The number of sulfonamides is 1. The molecule has 0 N–H and O–H groups in total. The van der Waals surface area contributed by atoms with E-state index in [1.807, 2.05) is 0 Å². The number of carbonyl (C=O) groups is 2. The fourth-order valence-electron chi connectivity index (χ4n) is 3.49. The molecule has 0 aromatic heterocycles. The maximum Gasteiger partial charge on any atom is 0.283 e. The molecule has 2 saturated heterocycles. The number of amides is 2. The van der Waals surface area contributed by atoms with Crippen LogP contribution in [0, 0.1) is 0 Å². The van der Waals surface area contributed by atoms with E-state index >= 15 is 0 Å². The first-order valence-corrected chi connectivity index (χ1v) is 11.0. The molecule has 0 atom stereocenters. The van der Waals surface area contributed by atoms with Crippen molar-refractivity contribution in [2.75, 3.05) is 57.5 Å². The fraction of sp³-hybridized carbons (Fsp3) is 0.444. The molecule has 29 heavy (non-hydrogen) atoms. The number of morpholine rings is 2. The second kappa shape index (κ2) is 8.04. The first-order valence-electron chi connectivity index (χ1n) is 9.20. The minimum atomic E-state index is -3.66. The van der Waals surface area contributed by atoms with Crippen molar-refractivity contribution in [1.29, 1.82) is 0 Å². The van der Waals surface area contributed by atoms with Crippen molar-refractivity contribution in [2.24, 2.45) is 0 Å². The SMILES string of the molecule is O=C1C(Cl)=C(N2CCOCC2)C(=O)N1c1ccc(S(=O)(=O)N2CCOCC2)cc1. The molecule has 3 aliphatic heterocycles. The number of ether oxygens (including phenoxy) is 2. The van der Waals surface area contributed by atoms with E-state index in [2.05, 4.69) is 0 Å². The average Bonchev–Trinajstić information content (AvgIpc) is 2.97. The van der Waals surface area contributed by atoms with Gasteiger partial charge < -0.3 is 14.4 Å². The largest absolute Gasteiger partial charge is 0.379 e. The summed E-state index contributed by atoms with van der Waals surface area (Å²) in [6, 6.07) is 5.66. The van der Waals surface area contributed by atoms with Crippen LogP contribution < -0.4 is 4.90 Å². The highest BCUT2D eigenvalue weighted by molar-refractivity contribution is 7.89. The number of hydrogen-bond donors (Lipinski definition) is 0. The number of benzene rings is 1. The zero-order chi connectivity index (χ0) is 20.6. The Kier molecular flexibility index (Phi) is 5.63. The monoisotopic (exact) mass is 441 g/mol. The van der Waals surface area contributed by atoms with Crippen LogP contribution in [0.2, 0.25) is 0 Å². The van der Waals surface area contributed by atoms with Crippen LogP contribution in [-0.2, 0) is 29.1 Å². The van der Waals surface area contributed by atoms with Crippen LogP contribution in [0.15, 0.2) is 39.9 Å². The Morgan fingerprint density at radius 2 is 1.38 bits per heavy atom. The summed E-state index contributed by atoms with van der Waals surface area (Å²) in [5, 5.41) is -0.137. The maximum atomic E-state index is 12.9. The molecule has 9 nitrogen and oxygen atoms in total. The normalized spacial score (nSPS) is 22.0. The Bertz CT molecular complexity index is 950. The number of imide groups is 1. The van der Waals surface area contributed by atoms with Crippen LogP contribution in [0.4, 0.5) is 5.69 Å². The van der Waals surface area contributed by atoms with Gasteiger partial charge in [0, 0.05) is 26.2 Å². The van der Waals surface area contributed by atoms with Gasteiger partial charge in [-0.15, -0.1) is 0 Å². The molecule has 2 fully saturated rings. The summed E-state index contributed by atoms with van der Waals surface area (Å²) in [5.74, 6) is -1.15. The number of halogens is 1. The second-order valence-electron chi connectivity index (χ2n) is 6.72. The Morgan fingerprint density at radius 3 is 1.97 bits per heavy atom. The first-order chi connectivity index (χ1) is 13.9. The van der Waals surface area contributed by atoms with E-state index in [1.54, 1.807) is 4.90 Å². The summed E-state index contributed by atoms with van der Waals surface area (Å²) < 4.78 is 37.3. The average molecular weight is 442 g/mol. The highest BCUT2D eigenvalue weighted by Gasteiger charge is 2.41. The lowest BCUT2D eigenvalue weighted by Gasteiger charge is -2.29. The van der Waals surface area contributed by atoms with E-state index < -0.39 is 21.8 Å². The summed E-state index contributed by atoms with van der Waals surface area (Å²) in [6.07, 6.45) is 0. The lowest BCUT2D eigenvalue weighted by molar-refractivity contribution is -0.121. The van der Waals surface area contributed by atoms with Gasteiger partial charge in [0.15, 0.2) is 0 Å². The number of hydrogen-bond acceptors (Lipinski definition) is 7. The predicted molar refractivity (Wildman–Crippen MR) is 104 cm³/mol. The van der Waals surface area contributed by atoms with E-state index in [1.165, 1.54) is 28.6 Å². The Morgan fingerprint density at radius 1 is 0.828 bits per heavy atom. The molecule has 156 valence electrons. The summed E-state index contributed by atoms with van der Waals surface area (Å²) >= 11 is 6.18. The molecular formula is C18H20ClN3O6S. The molecule has 3 aliphatic rings. The molecule has 0 saturated carbocycles. The number of nitrogens with zero attached hydrogens (tertiary/aromatic N) is 3. The summed E-state index contributed by atoms with van der Waals surface area (Å²) in [4.78, 5) is 28.3. The standard InChI is InChI=1S/C18H20ClN3O6S/c19-15-16(20-5-9-27-10-6-20)18(24)22(17(15)23)13-1-3-14(4-2-13)29(25,26)21-7-11-28-12-8-21/h1-4H,5-12H2. The molecule has 0 spiro atoms. The van der Waals surface area contributed by atoms with Gasteiger partial charge >= 0.3 is 0 Å². The molecule has 0 unspecified atom stereocenters. The third kappa shape index (κ3) is 3.66. The predicted octanol–water partition coefficient (Wildman–Crippen LogP) is 0.363. The highest BCUT2D eigenvalue weighted by atomic mass is 35.5. The quantitative estimate of drug-likeness (QED) is 0.622. The van der Waals surface area contributed by atoms with Gasteiger partial charge in [-0.1, -0.05) is 11.6 Å². The van der Waals surface area contributed by atoms with Crippen LogP contribution in [-0.4, -0.2) is 82.0 Å². The molecular weight excluding hydrogens is 422 g/mol. The number of carbonyl (C=O) groups excluding carboxylic acids is 2. The van der Waals surface area contributed by atoms with Crippen molar-refractivity contribution in [3.05, 3.63) is 35.0 Å². The van der Waals surface area contributed by atoms with Crippen molar-refractivity contribution in [3.8, 4) is 0 Å². The molecule has 11 heteroatoms. The van der Waals surface area contributed by atoms with E-state index in [0.29, 0.717) is 39.5 Å². The summed E-state index contributed by atoms with van der Waals surface area (Å²) in [7, 11) is -3.66. The third-order valence-corrected chi connectivity index (χ3v) is 7.29. The molecule has 1 aromatic carbocycles. The van der Waals surface area contributed by atoms with Gasteiger partial charge in [-0.2, -0.15) is 4.31 Å². The zero-order valence-corrected chi connectivity index (χ0v) is 17.1. The van der Waals surface area contributed by atoms with Crippen LogP contribution in [0.25, 0.3) is 0 Å². The summed E-state index contributed by atoms with van der Waals surface area (Å²) in [6.45, 7) is 3.10. The third-order valence-electron chi connectivity index (χ3n) is 5.03. The first kappa shape index (κ1) is 20.3. The molecule has 0 aliphatic carbocycles. The highest BCUT2D eigenvalue weighted by Crippen LogP contribution is 2.32. The van der Waals surface area contributed by atoms with Gasteiger partial charge in [0.25, 0.3) is 11.8 Å². The van der Waals surface area contributed by atoms with Crippen LogP contribution in [0.1, 0.15) is 0 Å². The van der Waals surface area contributed by atoms with Crippen molar-refractivity contribution in [2.45, 2.75) is 4.90 Å². The summed E-state index contributed by atoms with van der Waals surface area (Å²) in [5.41, 5.74) is 0.423. The van der Waals surface area contributed by atoms with E-state index in [0.717, 1.165) is 4.90 Å². The molecule has 1 aromatic rings. The molecule has 0 bridgehead atoms. The van der Waals surface area contributed by atoms with Crippen LogP contribution in [0.3, 0.4) is 0 Å². The van der Waals surface area contributed by atoms with Crippen LogP contribution in [0.5, 0.6) is 0 Å². The van der Waals surface area contributed by atoms with Gasteiger partial charge in [0.1, 0.15) is 10.7 Å². The van der Waals surface area contributed by atoms with E-state index in [4.69, 9.17) is 21.1 Å². The second-order valence-corrected chi connectivity index (χ2v) is 9.03. The van der Waals surface area contributed by atoms with Crippen molar-refractivity contribution >= 4 is 39.1 Å². The van der Waals surface area contributed by atoms with E-state index in [9.17, 15) is 18.0 Å². The molecule has 0 radical (unpaired) electrons. The zero-order valence-electron chi connectivity index (χ0n) is 15.5. The van der Waals surface area contributed by atoms with Gasteiger partial charge in [-0.05, 0) is 24.3 Å². The van der Waals surface area contributed by atoms with Crippen molar-refractivity contribution in [3.63, 3.8) is 0 Å². The Hall–Kier alpha value is -1.98. The molecule has 4 rings (SSSR count). The fourth-order valence-corrected chi connectivity index (χ4v) is 5.18. The smallest absolute Gasteiger partial charge is 0.283 e. The molecule has 2 amide bonds. The lowest BCUT2D eigenvalue weighted by atomic mass is 10.3. The van der Waals surface area contributed by atoms with Crippen molar-refractivity contribution in [1.82, 2.24) is 9.21 Å². The number of anilines is 1. The Balaban J connectivity index is 1.56. The van der Waals surface area contributed by atoms with Crippen LogP contribution >= 0.6 is 11.6 Å². The minimum Gasteiger partial charge on any atom is -0.379 e. The van der Waals surface area contributed by atoms with Gasteiger partial charge in [-0.25, -0.2) is 13.3 Å². The van der Waals surface area contributed by atoms with Gasteiger partial charge in [0.05, 0.1) is 37.0 Å². The lowest BCUT2D eigenvalue weighted by Crippen LogP contribution is -2.41. The minimum absolute atomic E-state index is 0.0923. The van der Waals surface area contributed by atoms with Gasteiger partial charge in [-0.3, -0.25) is 9.59 Å². The van der Waals surface area contributed by atoms with E-state index in [-0.39, 0.29) is 34.4 Å². The topological polar surface area (TPSA) is 96.5 Å². The maximum absolute atomic E-state index is 12.9. The van der Waals surface area contributed by atoms with Crippen molar-refractivity contribution < 1.29 is 27.5 Å². The Labute approximate surface area is 173 Å².